The van der Waals surface area contributed by atoms with Gasteiger partial charge in [0, 0.05) is 53.0 Å². The molecule has 0 aliphatic heterocycles. The van der Waals surface area contributed by atoms with E-state index in [9.17, 15) is 0 Å². The lowest BCUT2D eigenvalue weighted by molar-refractivity contribution is 0.669. The second-order valence-electron chi connectivity index (χ2n) is 15.9. The van der Waals surface area contributed by atoms with Crippen LogP contribution in [0.25, 0.3) is 126 Å². The lowest BCUT2D eigenvalue weighted by Crippen LogP contribution is -2.04. The lowest BCUT2D eigenvalue weighted by Gasteiger charge is -2.17. The van der Waals surface area contributed by atoms with Gasteiger partial charge in [0.2, 0.25) is 0 Å². The van der Waals surface area contributed by atoms with Gasteiger partial charge in [0.05, 0.1) is 22.1 Å². The fraction of sp³-hybridized carbons (Fsp3) is 0. The highest BCUT2D eigenvalue weighted by Gasteiger charge is 2.26. The molecule has 0 unspecified atom stereocenters. The maximum absolute atomic E-state index is 6.92. The smallest absolute Gasteiger partial charge is 0.166 e. The van der Waals surface area contributed by atoms with E-state index in [4.69, 9.17) is 19.4 Å². The molecule has 4 aromatic heterocycles. The molecule has 0 N–H and O–H groups in total. The number of benzene rings is 9. The summed E-state index contributed by atoms with van der Waals surface area (Å²) < 4.78 is 11.8. The number of fused-ring (bicyclic) bond motifs is 9. The van der Waals surface area contributed by atoms with E-state index < -0.39 is 0 Å². The maximum atomic E-state index is 6.92. The van der Waals surface area contributed by atoms with Crippen LogP contribution in [-0.2, 0) is 0 Å². The fourth-order valence-electron chi connectivity index (χ4n) is 9.48. The molecule has 13 aromatic rings. The maximum Gasteiger partial charge on any atom is 0.166 e. The molecule has 0 radical (unpaired) electrons. The predicted octanol–water partition coefficient (Wildman–Crippen LogP) is 15.6. The average Bonchev–Trinajstić information content (AvgIpc) is 4.04. The van der Waals surface area contributed by atoms with Crippen LogP contribution in [-0.4, -0.2) is 19.5 Å². The van der Waals surface area contributed by atoms with Crippen molar-refractivity contribution in [2.24, 2.45) is 0 Å². The van der Waals surface area contributed by atoms with Crippen LogP contribution in [0, 0.1) is 0 Å². The number of thiophene rings is 1. The van der Waals surface area contributed by atoms with Crippen LogP contribution < -0.4 is 0 Å². The van der Waals surface area contributed by atoms with Gasteiger partial charge in [-0.2, -0.15) is 0 Å². The standard InChI is InChI=1S/C57H34N4OS/c1-3-15-35(16-4-1)36-29-31-38(32-30-36)56-58-55(37-17-5-2-6-18-37)59-57(60-56)44-33-34-48-53(54(44)61-45-24-10-7-19-39(45)40-20-8-11-25-46(40)61)52-42(22-13-26-47(52)62-48)41-23-14-28-50-51(41)43-21-9-12-27-49(43)63-50/h1-34H. The van der Waals surface area contributed by atoms with Crippen LogP contribution >= 0.6 is 11.3 Å². The van der Waals surface area contributed by atoms with Crippen LogP contribution in [0.15, 0.2) is 211 Å². The monoisotopic (exact) mass is 822 g/mol. The Hall–Kier alpha value is -8.19. The minimum atomic E-state index is 0.572. The molecule has 9 aromatic carbocycles. The van der Waals surface area contributed by atoms with Gasteiger partial charge in [-0.3, -0.25) is 0 Å². The minimum Gasteiger partial charge on any atom is -0.456 e. The highest BCUT2D eigenvalue weighted by molar-refractivity contribution is 7.25. The van der Waals surface area contributed by atoms with Crippen molar-refractivity contribution in [2.45, 2.75) is 0 Å². The molecule has 0 aliphatic carbocycles. The number of rotatable bonds is 6. The van der Waals surface area contributed by atoms with Crippen LogP contribution in [0.4, 0.5) is 0 Å². The summed E-state index contributed by atoms with van der Waals surface area (Å²) in [6, 6.07) is 72.5. The second-order valence-corrected chi connectivity index (χ2v) is 17.0. The van der Waals surface area contributed by atoms with Crippen molar-refractivity contribution in [2.75, 3.05) is 0 Å². The van der Waals surface area contributed by atoms with Gasteiger partial charge in [-0.15, -0.1) is 11.3 Å². The summed E-state index contributed by atoms with van der Waals surface area (Å²) in [7, 11) is 0. The van der Waals surface area contributed by atoms with Crippen molar-refractivity contribution in [3.63, 3.8) is 0 Å². The molecule has 6 heteroatoms. The molecule has 4 heterocycles. The molecule has 0 spiro atoms. The van der Waals surface area contributed by atoms with Crippen molar-refractivity contribution < 1.29 is 4.42 Å². The Kier molecular flexibility index (Phi) is 8.01. The van der Waals surface area contributed by atoms with Gasteiger partial charge in [0.25, 0.3) is 0 Å². The molecule has 0 aliphatic rings. The van der Waals surface area contributed by atoms with Crippen LogP contribution in [0.2, 0.25) is 0 Å². The molecule has 0 saturated heterocycles. The van der Waals surface area contributed by atoms with Gasteiger partial charge in [-0.05, 0) is 64.7 Å². The normalized spacial score (nSPS) is 11.8. The van der Waals surface area contributed by atoms with Gasteiger partial charge >= 0.3 is 0 Å². The summed E-state index contributed by atoms with van der Waals surface area (Å²) in [6.07, 6.45) is 0. The number of nitrogens with zero attached hydrogens (tertiary/aromatic N) is 4. The highest BCUT2D eigenvalue weighted by Crippen LogP contribution is 2.48. The number of aromatic nitrogens is 4. The van der Waals surface area contributed by atoms with Crippen LogP contribution in [0.3, 0.4) is 0 Å². The molecule has 63 heavy (non-hydrogen) atoms. The highest BCUT2D eigenvalue weighted by atomic mass is 32.1. The van der Waals surface area contributed by atoms with Crippen molar-refractivity contribution in [1.82, 2.24) is 19.5 Å². The quantitative estimate of drug-likeness (QED) is 0.168. The van der Waals surface area contributed by atoms with Crippen molar-refractivity contribution in [1.29, 1.82) is 0 Å². The zero-order valence-electron chi connectivity index (χ0n) is 33.7. The van der Waals surface area contributed by atoms with Gasteiger partial charge < -0.3 is 8.98 Å². The van der Waals surface area contributed by atoms with E-state index >= 15 is 0 Å². The Morgan fingerprint density at radius 1 is 0.333 bits per heavy atom. The summed E-state index contributed by atoms with van der Waals surface area (Å²) in [5.74, 6) is 1.77. The van der Waals surface area contributed by atoms with Crippen molar-refractivity contribution in [3.05, 3.63) is 206 Å². The summed E-state index contributed by atoms with van der Waals surface area (Å²) in [5.41, 5.74) is 12.0. The van der Waals surface area contributed by atoms with Gasteiger partial charge in [0.1, 0.15) is 11.2 Å². The molecule has 0 amide bonds. The third-order valence-corrected chi connectivity index (χ3v) is 13.4. The molecule has 0 fully saturated rings. The van der Waals surface area contributed by atoms with Crippen LogP contribution in [0.1, 0.15) is 0 Å². The largest absolute Gasteiger partial charge is 0.456 e. The first kappa shape index (κ1) is 35.6. The Balaban J connectivity index is 1.15. The van der Waals surface area contributed by atoms with E-state index in [0.29, 0.717) is 17.5 Å². The predicted molar refractivity (Wildman–Crippen MR) is 262 cm³/mol. The van der Waals surface area contributed by atoms with Crippen molar-refractivity contribution >= 4 is 75.3 Å². The van der Waals surface area contributed by atoms with Gasteiger partial charge in [0.15, 0.2) is 17.5 Å². The molecular formula is C57H34N4OS. The van der Waals surface area contributed by atoms with E-state index in [0.717, 1.165) is 72.0 Å². The van der Waals surface area contributed by atoms with Crippen molar-refractivity contribution in [3.8, 4) is 62.1 Å². The van der Waals surface area contributed by atoms with E-state index in [1.54, 1.807) is 0 Å². The molecule has 294 valence electrons. The first-order chi connectivity index (χ1) is 31.2. The summed E-state index contributed by atoms with van der Waals surface area (Å²) in [5, 5.41) is 6.88. The summed E-state index contributed by atoms with van der Waals surface area (Å²) in [4.78, 5) is 15.9. The average molecular weight is 823 g/mol. The molecule has 13 rings (SSSR count). The fourth-order valence-corrected chi connectivity index (χ4v) is 10.6. The number of hydrogen-bond acceptors (Lipinski definition) is 5. The number of furan rings is 1. The van der Waals surface area contributed by atoms with Gasteiger partial charge in [-0.25, -0.2) is 15.0 Å². The first-order valence-electron chi connectivity index (χ1n) is 21.1. The van der Waals surface area contributed by atoms with Gasteiger partial charge in [-0.1, -0.05) is 164 Å². The zero-order chi connectivity index (χ0) is 41.4. The van der Waals surface area contributed by atoms with E-state index in [-0.39, 0.29) is 0 Å². The zero-order valence-corrected chi connectivity index (χ0v) is 34.6. The Morgan fingerprint density at radius 2 is 0.841 bits per heavy atom. The lowest BCUT2D eigenvalue weighted by atomic mass is 9.94. The number of para-hydroxylation sites is 2. The Bertz CT molecular complexity index is 3850. The number of hydrogen-bond donors (Lipinski definition) is 0. The Labute approximate surface area is 365 Å². The molecule has 0 saturated carbocycles. The molecular weight excluding hydrogens is 789 g/mol. The molecule has 0 bridgehead atoms. The second kappa shape index (κ2) is 14.2. The molecule has 5 nitrogen and oxygen atoms in total. The van der Waals surface area contributed by atoms with Crippen LogP contribution in [0.5, 0.6) is 0 Å². The van der Waals surface area contributed by atoms with E-state index in [1.165, 1.54) is 36.5 Å². The Morgan fingerprint density at radius 3 is 1.56 bits per heavy atom. The third kappa shape index (κ3) is 5.66. The first-order valence-corrected chi connectivity index (χ1v) is 21.9. The summed E-state index contributed by atoms with van der Waals surface area (Å²) >= 11 is 1.83. The van der Waals surface area contributed by atoms with E-state index in [1.807, 2.05) is 35.6 Å². The molecule has 0 atom stereocenters. The topological polar surface area (TPSA) is 56.7 Å². The van der Waals surface area contributed by atoms with E-state index in [2.05, 4.69) is 187 Å². The minimum absolute atomic E-state index is 0.572. The third-order valence-electron chi connectivity index (χ3n) is 12.3. The SMILES string of the molecule is c1ccc(-c2ccc(-c3nc(-c4ccccc4)nc(-c4ccc5oc6cccc(-c7cccc8sc9ccccc9c78)c6c5c4-n4c5ccccc5c5ccccc54)n3)cc2)cc1. The summed E-state index contributed by atoms with van der Waals surface area (Å²) in [6.45, 7) is 0.